The van der Waals surface area contributed by atoms with Crippen LogP contribution in [0.4, 0.5) is 0 Å². The first-order valence-corrected chi connectivity index (χ1v) is 7.73. The molecule has 0 spiro atoms. The van der Waals surface area contributed by atoms with Crippen LogP contribution >= 0.6 is 0 Å². The molecule has 2 aromatic heterocycles. The summed E-state index contributed by atoms with van der Waals surface area (Å²) in [5.74, 6) is -0.424. The van der Waals surface area contributed by atoms with Crippen molar-refractivity contribution in [3.05, 3.63) is 47.5 Å². The summed E-state index contributed by atoms with van der Waals surface area (Å²) >= 11 is 0. The van der Waals surface area contributed by atoms with Crippen molar-refractivity contribution in [3.8, 4) is 0 Å². The minimum Gasteiger partial charge on any atom is -0.383 e. The Balaban J connectivity index is 1.55. The molecule has 2 N–H and O–H groups in total. The van der Waals surface area contributed by atoms with Gasteiger partial charge in [-0.25, -0.2) is 0 Å². The van der Waals surface area contributed by atoms with E-state index in [2.05, 4.69) is 20.7 Å². The van der Waals surface area contributed by atoms with Crippen molar-refractivity contribution < 1.29 is 14.3 Å². The second-order valence-corrected chi connectivity index (χ2v) is 5.54. The lowest BCUT2D eigenvalue weighted by molar-refractivity contribution is 0.0919. The van der Waals surface area contributed by atoms with Crippen LogP contribution in [0.1, 0.15) is 26.7 Å². The number of nitrogens with zero attached hydrogens (tertiary/aromatic N) is 3. The number of aromatic nitrogens is 3. The van der Waals surface area contributed by atoms with Gasteiger partial charge in [-0.05, 0) is 18.2 Å². The molecule has 2 amide bonds. The Morgan fingerprint density at radius 2 is 2.21 bits per heavy atom. The van der Waals surface area contributed by atoms with E-state index >= 15 is 0 Å². The molecule has 0 bridgehead atoms. The number of fused-ring (bicyclic) bond motifs is 1. The molecule has 1 aliphatic rings. The van der Waals surface area contributed by atoms with E-state index in [1.165, 1.54) is 0 Å². The smallest absolute Gasteiger partial charge is 0.271 e. The van der Waals surface area contributed by atoms with Gasteiger partial charge in [0.25, 0.3) is 11.8 Å². The van der Waals surface area contributed by atoms with Crippen LogP contribution in [0.3, 0.4) is 0 Å². The Bertz CT molecular complexity index is 705. The Kier molecular flexibility index (Phi) is 4.85. The molecular weight excluding hydrogens is 310 g/mol. The minimum absolute atomic E-state index is 0.0485. The minimum atomic E-state index is -0.219. The second kappa shape index (κ2) is 7.22. The number of rotatable bonds is 6. The number of ether oxygens (including phenoxy) is 1. The molecule has 0 unspecified atom stereocenters. The van der Waals surface area contributed by atoms with Gasteiger partial charge in [0.05, 0.1) is 19.2 Å². The standard InChI is InChI=1S/C16H19N5O3/c1-24-7-6-18-15(22)14-9-12-8-11(10-21(12)20-14)19-16(23)13-4-2-3-5-17-13/h2-5,9,11H,6-8,10H2,1H3,(H,18,22)(H,19,23)/t11-/m0/s1. The van der Waals surface area contributed by atoms with Gasteiger partial charge in [0.1, 0.15) is 11.4 Å². The lowest BCUT2D eigenvalue weighted by Gasteiger charge is -2.11. The van der Waals surface area contributed by atoms with Crippen LogP contribution < -0.4 is 10.6 Å². The van der Waals surface area contributed by atoms with Gasteiger partial charge in [-0.3, -0.25) is 19.3 Å². The summed E-state index contributed by atoms with van der Waals surface area (Å²) in [5.41, 5.74) is 1.70. The first kappa shape index (κ1) is 16.1. The summed E-state index contributed by atoms with van der Waals surface area (Å²) < 4.78 is 6.65. The summed E-state index contributed by atoms with van der Waals surface area (Å²) in [6.45, 7) is 1.44. The summed E-state index contributed by atoms with van der Waals surface area (Å²) in [7, 11) is 1.58. The van der Waals surface area contributed by atoms with E-state index in [4.69, 9.17) is 4.74 Å². The van der Waals surface area contributed by atoms with Gasteiger partial charge in [-0.15, -0.1) is 0 Å². The summed E-state index contributed by atoms with van der Waals surface area (Å²) in [4.78, 5) is 28.1. The fraction of sp³-hybridized carbons (Fsp3) is 0.375. The molecule has 1 aliphatic heterocycles. The maximum Gasteiger partial charge on any atom is 0.271 e. The topological polar surface area (TPSA) is 98.1 Å². The predicted octanol–water partition coefficient (Wildman–Crippen LogP) is 0.00900. The fourth-order valence-corrected chi connectivity index (χ4v) is 2.62. The number of amides is 2. The van der Waals surface area contributed by atoms with Crippen LogP contribution in [0.5, 0.6) is 0 Å². The van der Waals surface area contributed by atoms with Crippen LogP contribution in [0.2, 0.25) is 0 Å². The van der Waals surface area contributed by atoms with Gasteiger partial charge in [0.2, 0.25) is 0 Å². The van der Waals surface area contributed by atoms with E-state index < -0.39 is 0 Å². The summed E-state index contributed by atoms with van der Waals surface area (Å²) in [6.07, 6.45) is 2.22. The molecule has 2 aromatic rings. The average Bonchev–Trinajstić information content (AvgIpc) is 3.14. The van der Waals surface area contributed by atoms with Crippen molar-refractivity contribution in [1.29, 1.82) is 0 Å². The highest BCUT2D eigenvalue weighted by molar-refractivity contribution is 5.93. The molecule has 3 heterocycles. The van der Waals surface area contributed by atoms with E-state index in [1.807, 2.05) is 0 Å². The number of nitrogens with one attached hydrogen (secondary N) is 2. The predicted molar refractivity (Wildman–Crippen MR) is 85.6 cm³/mol. The molecule has 0 aliphatic carbocycles. The summed E-state index contributed by atoms with van der Waals surface area (Å²) in [6, 6.07) is 6.92. The largest absolute Gasteiger partial charge is 0.383 e. The SMILES string of the molecule is COCCNC(=O)c1cc2n(n1)C[C@@H](NC(=O)c1ccccn1)C2. The Hall–Kier alpha value is -2.74. The van der Waals surface area contributed by atoms with Gasteiger partial charge < -0.3 is 15.4 Å². The average molecular weight is 329 g/mol. The van der Waals surface area contributed by atoms with Gasteiger partial charge in [-0.1, -0.05) is 6.07 Å². The monoisotopic (exact) mass is 329 g/mol. The van der Waals surface area contributed by atoms with E-state index in [-0.39, 0.29) is 17.9 Å². The van der Waals surface area contributed by atoms with Crippen molar-refractivity contribution in [2.45, 2.75) is 19.0 Å². The maximum absolute atomic E-state index is 12.1. The first-order chi connectivity index (χ1) is 11.7. The van der Waals surface area contributed by atoms with Crippen LogP contribution in [0, 0.1) is 0 Å². The lowest BCUT2D eigenvalue weighted by atomic mass is 10.2. The molecule has 3 rings (SSSR count). The third-order valence-corrected chi connectivity index (χ3v) is 3.77. The van der Waals surface area contributed by atoms with Gasteiger partial charge in [0.15, 0.2) is 0 Å². The molecule has 1 atom stereocenters. The normalized spacial score (nSPS) is 15.8. The molecule has 0 fully saturated rings. The third kappa shape index (κ3) is 3.60. The van der Waals surface area contributed by atoms with E-state index in [0.717, 1.165) is 5.69 Å². The molecular formula is C16H19N5O3. The maximum atomic E-state index is 12.1. The number of carbonyl (C=O) groups excluding carboxylic acids is 2. The van der Waals surface area contributed by atoms with Crippen molar-refractivity contribution in [2.24, 2.45) is 0 Å². The molecule has 24 heavy (non-hydrogen) atoms. The van der Waals surface area contributed by atoms with Crippen LogP contribution in [-0.2, 0) is 17.7 Å². The van der Waals surface area contributed by atoms with Gasteiger partial charge in [0, 0.05) is 32.0 Å². The summed E-state index contributed by atoms with van der Waals surface area (Å²) in [5, 5.41) is 9.97. The Morgan fingerprint density at radius 1 is 1.33 bits per heavy atom. The molecule has 0 radical (unpaired) electrons. The quantitative estimate of drug-likeness (QED) is 0.728. The van der Waals surface area contributed by atoms with E-state index in [0.29, 0.717) is 37.5 Å². The van der Waals surface area contributed by atoms with Crippen molar-refractivity contribution in [3.63, 3.8) is 0 Å². The highest BCUT2D eigenvalue weighted by Gasteiger charge is 2.26. The molecule has 0 saturated heterocycles. The first-order valence-electron chi connectivity index (χ1n) is 7.73. The van der Waals surface area contributed by atoms with Gasteiger partial charge in [-0.2, -0.15) is 5.10 Å². The van der Waals surface area contributed by atoms with Crippen LogP contribution in [0.25, 0.3) is 0 Å². The highest BCUT2D eigenvalue weighted by Crippen LogP contribution is 2.16. The van der Waals surface area contributed by atoms with Crippen LogP contribution in [0.15, 0.2) is 30.5 Å². The van der Waals surface area contributed by atoms with Crippen molar-refractivity contribution in [2.75, 3.05) is 20.3 Å². The molecule has 8 heteroatoms. The lowest BCUT2D eigenvalue weighted by Crippen LogP contribution is -2.36. The van der Waals surface area contributed by atoms with E-state index in [9.17, 15) is 9.59 Å². The molecule has 8 nitrogen and oxygen atoms in total. The Labute approximate surface area is 139 Å². The fourth-order valence-electron chi connectivity index (χ4n) is 2.62. The molecule has 0 aromatic carbocycles. The van der Waals surface area contributed by atoms with Crippen molar-refractivity contribution in [1.82, 2.24) is 25.4 Å². The molecule has 126 valence electrons. The second-order valence-electron chi connectivity index (χ2n) is 5.54. The number of pyridine rings is 1. The third-order valence-electron chi connectivity index (χ3n) is 3.77. The van der Waals surface area contributed by atoms with Gasteiger partial charge >= 0.3 is 0 Å². The molecule has 0 saturated carbocycles. The highest BCUT2D eigenvalue weighted by atomic mass is 16.5. The Morgan fingerprint density at radius 3 is 2.92 bits per heavy atom. The number of methoxy groups -OCH3 is 1. The number of carbonyl (C=O) groups is 2. The number of hydrogen-bond donors (Lipinski definition) is 2. The van der Waals surface area contributed by atoms with Crippen LogP contribution in [-0.4, -0.2) is 52.9 Å². The van der Waals surface area contributed by atoms with E-state index in [1.54, 1.807) is 42.3 Å². The van der Waals surface area contributed by atoms with Crippen molar-refractivity contribution >= 4 is 11.8 Å². The zero-order valence-corrected chi connectivity index (χ0v) is 13.4. The number of hydrogen-bond acceptors (Lipinski definition) is 5. The zero-order valence-electron chi connectivity index (χ0n) is 13.4. The zero-order chi connectivity index (χ0) is 16.9.